The van der Waals surface area contributed by atoms with Gasteiger partial charge in [0.25, 0.3) is 17.4 Å². The van der Waals surface area contributed by atoms with Gasteiger partial charge in [-0.15, -0.1) is 0 Å². The van der Waals surface area contributed by atoms with E-state index in [4.69, 9.17) is 5.73 Å². The molecule has 0 aliphatic heterocycles. The van der Waals surface area contributed by atoms with Crippen LogP contribution in [-0.4, -0.2) is 34.0 Å². The lowest BCUT2D eigenvalue weighted by molar-refractivity contribution is -0.117. The molecule has 1 aromatic heterocycles. The zero-order valence-corrected chi connectivity index (χ0v) is 18.0. The van der Waals surface area contributed by atoms with Gasteiger partial charge >= 0.3 is 0 Å². The molecule has 0 fully saturated rings. The first-order valence-corrected chi connectivity index (χ1v) is 10.5. The van der Waals surface area contributed by atoms with Crippen LogP contribution in [0.15, 0.2) is 83.7 Å². The molecule has 9 nitrogen and oxygen atoms in total. The Hall–Kier alpha value is -4.79. The maximum absolute atomic E-state index is 13.3. The van der Waals surface area contributed by atoms with Crippen molar-refractivity contribution in [2.45, 2.75) is 6.42 Å². The first-order valence-electron chi connectivity index (χ1n) is 10.5. The number of rotatable bonds is 7. The molecule has 4 aromatic rings. The minimum Gasteiger partial charge on any atom is -0.370 e. The van der Waals surface area contributed by atoms with Crippen molar-refractivity contribution in [1.82, 2.24) is 15.1 Å². The Morgan fingerprint density at radius 1 is 0.824 bits per heavy atom. The molecule has 3 aromatic carbocycles. The van der Waals surface area contributed by atoms with E-state index in [9.17, 15) is 19.2 Å². The van der Waals surface area contributed by atoms with Gasteiger partial charge in [0.15, 0.2) is 5.69 Å². The highest BCUT2D eigenvalue weighted by Crippen LogP contribution is 2.19. The van der Waals surface area contributed by atoms with Crippen LogP contribution in [0.1, 0.15) is 27.3 Å². The van der Waals surface area contributed by atoms with Gasteiger partial charge in [-0.05, 0) is 30.3 Å². The Labute approximate surface area is 194 Å². The van der Waals surface area contributed by atoms with Crippen LogP contribution in [0, 0.1) is 0 Å². The van der Waals surface area contributed by atoms with Crippen molar-refractivity contribution in [3.63, 3.8) is 0 Å². The highest BCUT2D eigenvalue weighted by atomic mass is 16.2. The normalized spacial score (nSPS) is 10.6. The number of anilines is 1. The number of benzene rings is 3. The number of primary amides is 1. The molecule has 0 saturated carbocycles. The van der Waals surface area contributed by atoms with Gasteiger partial charge in [0.05, 0.1) is 22.3 Å². The number of nitrogens with one attached hydrogen (secondary N) is 2. The summed E-state index contributed by atoms with van der Waals surface area (Å²) in [5, 5.41) is 10.4. The van der Waals surface area contributed by atoms with Crippen LogP contribution in [0.5, 0.6) is 0 Å². The first-order chi connectivity index (χ1) is 16.5. The SMILES string of the molecule is NC(=O)CCNC(=O)c1ccccc1NC(=O)c1nn(-c2ccccc2)c(=O)c2ccccc12. The van der Waals surface area contributed by atoms with Crippen molar-refractivity contribution < 1.29 is 14.4 Å². The topological polar surface area (TPSA) is 136 Å². The molecule has 170 valence electrons. The number of amides is 3. The molecule has 9 heteroatoms. The molecule has 34 heavy (non-hydrogen) atoms. The maximum Gasteiger partial charge on any atom is 0.279 e. The molecule has 0 atom stereocenters. The molecule has 0 bridgehead atoms. The van der Waals surface area contributed by atoms with Crippen LogP contribution < -0.4 is 21.9 Å². The number of carbonyl (C=O) groups excluding carboxylic acids is 3. The predicted octanol–water partition coefficient (Wildman–Crippen LogP) is 2.24. The standard InChI is InChI=1S/C25H21N5O4/c26-21(31)14-15-27-23(32)19-12-6-7-13-20(19)28-24(33)22-17-10-4-5-11-18(17)25(34)30(29-22)16-8-2-1-3-9-16/h1-13H,14-15H2,(H2,26,31)(H,27,32)(H,28,33). The van der Waals surface area contributed by atoms with Crippen LogP contribution in [0.4, 0.5) is 5.69 Å². The summed E-state index contributed by atoms with van der Waals surface area (Å²) < 4.78 is 1.18. The molecular formula is C25H21N5O4. The molecule has 3 amide bonds. The molecule has 0 spiro atoms. The largest absolute Gasteiger partial charge is 0.370 e. The minimum atomic E-state index is -0.585. The summed E-state index contributed by atoms with van der Waals surface area (Å²) in [6, 6.07) is 22.0. The molecule has 0 aliphatic rings. The van der Waals surface area contributed by atoms with Crippen molar-refractivity contribution in [3.05, 3.63) is 100 Å². The summed E-state index contributed by atoms with van der Waals surface area (Å²) in [6.07, 6.45) is -0.00277. The van der Waals surface area contributed by atoms with Gasteiger partial charge in [-0.1, -0.05) is 48.5 Å². The molecule has 1 heterocycles. The highest BCUT2D eigenvalue weighted by Gasteiger charge is 2.20. The fourth-order valence-electron chi connectivity index (χ4n) is 3.47. The minimum absolute atomic E-state index is 0.00277. The number of carbonyl (C=O) groups is 3. The lowest BCUT2D eigenvalue weighted by Gasteiger charge is -2.13. The highest BCUT2D eigenvalue weighted by molar-refractivity contribution is 6.13. The first kappa shape index (κ1) is 22.4. The van der Waals surface area contributed by atoms with Gasteiger partial charge < -0.3 is 16.4 Å². The van der Waals surface area contributed by atoms with Crippen LogP contribution >= 0.6 is 0 Å². The molecule has 0 aliphatic carbocycles. The second kappa shape index (κ2) is 9.78. The van der Waals surface area contributed by atoms with E-state index in [1.54, 1.807) is 72.8 Å². The summed E-state index contributed by atoms with van der Waals surface area (Å²) >= 11 is 0. The van der Waals surface area contributed by atoms with Crippen molar-refractivity contribution in [2.24, 2.45) is 5.73 Å². The average molecular weight is 455 g/mol. The maximum atomic E-state index is 13.3. The van der Waals surface area contributed by atoms with E-state index in [0.717, 1.165) is 0 Å². The lowest BCUT2D eigenvalue weighted by Crippen LogP contribution is -2.29. The van der Waals surface area contributed by atoms with E-state index in [1.165, 1.54) is 4.68 Å². The Morgan fingerprint density at radius 2 is 1.47 bits per heavy atom. The monoisotopic (exact) mass is 455 g/mol. The lowest BCUT2D eigenvalue weighted by atomic mass is 10.1. The number of nitrogens with zero attached hydrogens (tertiary/aromatic N) is 2. The molecule has 4 N–H and O–H groups in total. The zero-order valence-electron chi connectivity index (χ0n) is 18.0. The number of nitrogens with two attached hydrogens (primary N) is 1. The Kier molecular flexibility index (Phi) is 6.45. The Morgan fingerprint density at radius 3 is 2.21 bits per heavy atom. The van der Waals surface area contributed by atoms with Crippen molar-refractivity contribution in [3.8, 4) is 5.69 Å². The third-order valence-corrected chi connectivity index (χ3v) is 5.10. The van der Waals surface area contributed by atoms with Crippen molar-refractivity contribution >= 4 is 34.2 Å². The van der Waals surface area contributed by atoms with E-state index in [2.05, 4.69) is 15.7 Å². The van der Waals surface area contributed by atoms with Gasteiger partial charge in [0.2, 0.25) is 5.91 Å². The third kappa shape index (κ3) is 4.68. The Balaban J connectivity index is 1.71. The number of hydrogen-bond donors (Lipinski definition) is 3. The van der Waals surface area contributed by atoms with Gasteiger partial charge in [-0.25, -0.2) is 0 Å². The molecule has 0 unspecified atom stereocenters. The number of hydrogen-bond acceptors (Lipinski definition) is 5. The quantitative estimate of drug-likeness (QED) is 0.393. The Bertz CT molecular complexity index is 1450. The van der Waals surface area contributed by atoms with Gasteiger partial charge in [-0.2, -0.15) is 9.78 Å². The van der Waals surface area contributed by atoms with E-state index in [1.807, 2.05) is 6.07 Å². The van der Waals surface area contributed by atoms with E-state index in [0.29, 0.717) is 16.5 Å². The fraction of sp³-hybridized carbons (Fsp3) is 0.0800. The molecular weight excluding hydrogens is 434 g/mol. The summed E-state index contributed by atoms with van der Waals surface area (Å²) in [4.78, 5) is 49.9. The second-order valence-corrected chi connectivity index (χ2v) is 7.42. The third-order valence-electron chi connectivity index (χ3n) is 5.10. The van der Waals surface area contributed by atoms with Crippen LogP contribution in [0.3, 0.4) is 0 Å². The summed E-state index contributed by atoms with van der Waals surface area (Å²) in [5.41, 5.74) is 5.77. The smallest absolute Gasteiger partial charge is 0.279 e. The predicted molar refractivity (Wildman–Crippen MR) is 128 cm³/mol. The van der Waals surface area contributed by atoms with Crippen LogP contribution in [0.2, 0.25) is 0 Å². The zero-order chi connectivity index (χ0) is 24.1. The number of para-hydroxylation sites is 2. The van der Waals surface area contributed by atoms with Crippen molar-refractivity contribution in [1.29, 1.82) is 0 Å². The molecule has 0 radical (unpaired) electrons. The van der Waals surface area contributed by atoms with Crippen molar-refractivity contribution in [2.75, 3.05) is 11.9 Å². The van der Waals surface area contributed by atoms with E-state index < -0.39 is 17.7 Å². The van der Waals surface area contributed by atoms with Gasteiger partial charge in [0.1, 0.15) is 0 Å². The summed E-state index contributed by atoms with van der Waals surface area (Å²) in [7, 11) is 0. The summed E-state index contributed by atoms with van der Waals surface area (Å²) in [6.45, 7) is 0.0741. The molecule has 4 rings (SSSR count). The average Bonchev–Trinajstić information content (AvgIpc) is 2.85. The van der Waals surface area contributed by atoms with Gasteiger partial charge in [-0.3, -0.25) is 19.2 Å². The summed E-state index contributed by atoms with van der Waals surface area (Å²) in [5.74, 6) is -1.59. The fourth-order valence-corrected chi connectivity index (χ4v) is 3.47. The number of fused-ring (bicyclic) bond motifs is 1. The molecule has 0 saturated heterocycles. The van der Waals surface area contributed by atoms with E-state index >= 15 is 0 Å². The van der Waals surface area contributed by atoms with Crippen LogP contribution in [0.25, 0.3) is 16.5 Å². The second-order valence-electron chi connectivity index (χ2n) is 7.42. The van der Waals surface area contributed by atoms with Crippen LogP contribution in [-0.2, 0) is 4.79 Å². The van der Waals surface area contributed by atoms with E-state index in [-0.39, 0.29) is 35.5 Å². The van der Waals surface area contributed by atoms with Gasteiger partial charge in [0, 0.05) is 18.4 Å². The number of aromatic nitrogens is 2.